The third kappa shape index (κ3) is 6.76. The van der Waals surface area contributed by atoms with Crippen molar-refractivity contribution in [3.05, 3.63) is 46.3 Å². The van der Waals surface area contributed by atoms with E-state index in [1.54, 1.807) is 20.8 Å². The van der Waals surface area contributed by atoms with Crippen molar-refractivity contribution >= 4 is 12.0 Å². The number of amides is 2. The Morgan fingerprint density at radius 2 is 1.95 bits per heavy atom. The van der Waals surface area contributed by atoms with Crippen LogP contribution in [-0.2, 0) is 16.0 Å². The van der Waals surface area contributed by atoms with Crippen LogP contribution < -0.4 is 5.32 Å². The van der Waals surface area contributed by atoms with Gasteiger partial charge in [-0.3, -0.25) is 4.79 Å². The molecule has 22 heavy (non-hydrogen) atoms. The van der Waals surface area contributed by atoms with E-state index in [9.17, 15) is 9.59 Å². The molecule has 1 aromatic carbocycles. The molecule has 1 aromatic rings. The standard InChI is InChI=1S/C15H20N4O3/c1-15(2,3)22-14(21)17-12(13(20)18-19-16)10-9-11-7-5-4-6-8-11/h4-8,12H,9-10H2,1-3H3,(H,17,21)/t12-/m1/s1. The Hall–Kier alpha value is -2.53. The summed E-state index contributed by atoms with van der Waals surface area (Å²) in [7, 11) is 0. The molecule has 1 atom stereocenters. The Morgan fingerprint density at radius 3 is 2.50 bits per heavy atom. The van der Waals surface area contributed by atoms with E-state index in [0.717, 1.165) is 5.56 Å². The van der Waals surface area contributed by atoms with Gasteiger partial charge in [-0.05, 0) is 49.8 Å². The van der Waals surface area contributed by atoms with E-state index in [2.05, 4.69) is 15.3 Å². The van der Waals surface area contributed by atoms with E-state index in [1.807, 2.05) is 30.3 Å². The monoisotopic (exact) mass is 304 g/mol. The number of aryl methyl sites for hydroxylation is 1. The van der Waals surface area contributed by atoms with Gasteiger partial charge in [-0.15, -0.1) is 0 Å². The molecule has 0 saturated heterocycles. The second-order valence-electron chi connectivity index (χ2n) is 5.75. The predicted octanol–water partition coefficient (Wildman–Crippen LogP) is 3.35. The largest absolute Gasteiger partial charge is 0.444 e. The van der Waals surface area contributed by atoms with Crippen molar-refractivity contribution in [2.75, 3.05) is 0 Å². The molecule has 0 heterocycles. The van der Waals surface area contributed by atoms with E-state index in [1.165, 1.54) is 0 Å². The van der Waals surface area contributed by atoms with Gasteiger partial charge in [-0.1, -0.05) is 30.3 Å². The lowest BCUT2D eigenvalue weighted by atomic mass is 10.1. The van der Waals surface area contributed by atoms with Gasteiger partial charge in [-0.25, -0.2) is 4.79 Å². The van der Waals surface area contributed by atoms with Crippen LogP contribution in [0.3, 0.4) is 0 Å². The normalized spacial score (nSPS) is 12.0. The van der Waals surface area contributed by atoms with Gasteiger partial charge in [-0.2, -0.15) is 0 Å². The first kappa shape index (κ1) is 17.5. The number of alkyl carbamates (subject to hydrolysis) is 1. The molecule has 2 amide bonds. The minimum absolute atomic E-state index is 0.321. The summed E-state index contributed by atoms with van der Waals surface area (Å²) in [6.45, 7) is 5.17. The molecule has 0 aliphatic rings. The maximum atomic E-state index is 11.8. The number of rotatable bonds is 5. The van der Waals surface area contributed by atoms with Gasteiger partial charge in [0.25, 0.3) is 0 Å². The summed E-state index contributed by atoms with van der Waals surface area (Å²) in [5.41, 5.74) is 8.73. The Bertz CT molecular complexity index is 560. The molecule has 118 valence electrons. The highest BCUT2D eigenvalue weighted by Gasteiger charge is 2.23. The molecular formula is C15H20N4O3. The number of hydrogen-bond acceptors (Lipinski definition) is 3. The van der Waals surface area contributed by atoms with Gasteiger partial charge in [0.15, 0.2) is 0 Å². The van der Waals surface area contributed by atoms with Gasteiger partial charge >= 0.3 is 6.09 Å². The molecule has 7 nitrogen and oxygen atoms in total. The Kier molecular flexibility index (Phi) is 6.41. The minimum atomic E-state index is -0.911. The summed E-state index contributed by atoms with van der Waals surface area (Å²) in [5.74, 6) is -0.732. The molecule has 0 fully saturated rings. The lowest BCUT2D eigenvalue weighted by Crippen LogP contribution is -2.43. The first-order valence-corrected chi connectivity index (χ1v) is 6.94. The van der Waals surface area contributed by atoms with Crippen molar-refractivity contribution in [1.29, 1.82) is 0 Å². The second kappa shape index (κ2) is 8.05. The molecule has 0 radical (unpaired) electrons. The summed E-state index contributed by atoms with van der Waals surface area (Å²) in [6, 6.07) is 8.60. The van der Waals surface area contributed by atoms with Gasteiger partial charge < -0.3 is 10.1 Å². The quantitative estimate of drug-likeness (QED) is 0.512. The van der Waals surface area contributed by atoms with E-state index in [0.29, 0.717) is 12.8 Å². The highest BCUT2D eigenvalue weighted by molar-refractivity contribution is 5.86. The summed E-state index contributed by atoms with van der Waals surface area (Å²) in [4.78, 5) is 26.0. The fourth-order valence-electron chi connectivity index (χ4n) is 1.78. The smallest absolute Gasteiger partial charge is 0.408 e. The van der Waals surface area contributed by atoms with Gasteiger partial charge in [0, 0.05) is 4.91 Å². The topological polar surface area (TPSA) is 104 Å². The third-order valence-electron chi connectivity index (χ3n) is 2.70. The lowest BCUT2D eigenvalue weighted by molar-refractivity contribution is -0.120. The highest BCUT2D eigenvalue weighted by Crippen LogP contribution is 2.10. The number of benzene rings is 1. The number of azide groups is 1. The highest BCUT2D eigenvalue weighted by atomic mass is 16.6. The maximum absolute atomic E-state index is 11.8. The Labute approximate surface area is 129 Å². The van der Waals surface area contributed by atoms with Crippen LogP contribution in [0.5, 0.6) is 0 Å². The van der Waals surface area contributed by atoms with E-state index in [4.69, 9.17) is 10.3 Å². The van der Waals surface area contributed by atoms with Crippen molar-refractivity contribution in [2.45, 2.75) is 45.3 Å². The molecule has 0 spiro atoms. The number of hydrogen-bond donors (Lipinski definition) is 1. The Morgan fingerprint density at radius 1 is 1.32 bits per heavy atom. The fourth-order valence-corrected chi connectivity index (χ4v) is 1.78. The zero-order valence-electron chi connectivity index (χ0n) is 12.9. The number of nitrogens with one attached hydrogen (secondary N) is 1. The lowest BCUT2D eigenvalue weighted by Gasteiger charge is -2.22. The molecule has 0 aliphatic heterocycles. The molecule has 0 saturated carbocycles. The van der Waals surface area contributed by atoms with Crippen LogP contribution in [0.25, 0.3) is 10.4 Å². The van der Waals surface area contributed by atoms with Crippen LogP contribution in [0.4, 0.5) is 4.79 Å². The Balaban J connectivity index is 2.70. The summed E-state index contributed by atoms with van der Waals surface area (Å²) in [5, 5.41) is 5.51. The van der Waals surface area contributed by atoms with Crippen LogP contribution in [-0.4, -0.2) is 23.6 Å². The molecule has 0 aromatic heterocycles. The van der Waals surface area contributed by atoms with Crippen molar-refractivity contribution in [1.82, 2.24) is 5.32 Å². The van der Waals surface area contributed by atoms with Crippen molar-refractivity contribution in [3.8, 4) is 0 Å². The van der Waals surface area contributed by atoms with E-state index >= 15 is 0 Å². The average molecular weight is 304 g/mol. The minimum Gasteiger partial charge on any atom is -0.444 e. The van der Waals surface area contributed by atoms with Crippen LogP contribution >= 0.6 is 0 Å². The van der Waals surface area contributed by atoms with Crippen molar-refractivity contribution in [2.24, 2.45) is 5.11 Å². The molecule has 1 rings (SSSR count). The number of ether oxygens (including phenoxy) is 1. The van der Waals surface area contributed by atoms with Crippen LogP contribution in [0.2, 0.25) is 0 Å². The molecule has 1 N–H and O–H groups in total. The van der Waals surface area contributed by atoms with Crippen LogP contribution in [0.1, 0.15) is 32.8 Å². The van der Waals surface area contributed by atoms with Gasteiger partial charge in [0.1, 0.15) is 5.60 Å². The van der Waals surface area contributed by atoms with E-state index < -0.39 is 23.6 Å². The van der Waals surface area contributed by atoms with Crippen LogP contribution in [0.15, 0.2) is 35.4 Å². The van der Waals surface area contributed by atoms with Gasteiger partial charge in [0.2, 0.25) is 5.91 Å². The average Bonchev–Trinajstić information content (AvgIpc) is 2.42. The fraction of sp³-hybridized carbons (Fsp3) is 0.467. The van der Waals surface area contributed by atoms with Crippen LogP contribution in [0, 0.1) is 0 Å². The number of nitrogens with zero attached hydrogens (tertiary/aromatic N) is 3. The van der Waals surface area contributed by atoms with Crippen molar-refractivity contribution < 1.29 is 14.3 Å². The summed E-state index contributed by atoms with van der Waals surface area (Å²) >= 11 is 0. The second-order valence-corrected chi connectivity index (χ2v) is 5.75. The molecule has 7 heteroatoms. The van der Waals surface area contributed by atoms with E-state index in [-0.39, 0.29) is 0 Å². The molecule has 0 bridgehead atoms. The summed E-state index contributed by atoms with van der Waals surface area (Å²) in [6.07, 6.45) is 0.168. The number of carbonyl (C=O) groups is 2. The predicted molar refractivity (Wildman–Crippen MR) is 82.1 cm³/mol. The molecule has 0 aliphatic carbocycles. The third-order valence-corrected chi connectivity index (χ3v) is 2.70. The first-order valence-electron chi connectivity index (χ1n) is 6.94. The van der Waals surface area contributed by atoms with Gasteiger partial charge in [0.05, 0.1) is 6.04 Å². The zero-order chi connectivity index (χ0) is 16.6. The number of carbonyl (C=O) groups excluding carboxylic acids is 2. The SMILES string of the molecule is CC(C)(C)OC(=O)N[C@H](CCc1ccccc1)C(=O)N=[N+]=[N-]. The van der Waals surface area contributed by atoms with Crippen molar-refractivity contribution in [3.63, 3.8) is 0 Å². The maximum Gasteiger partial charge on any atom is 0.408 e. The zero-order valence-corrected chi connectivity index (χ0v) is 12.9. The molecular weight excluding hydrogens is 284 g/mol. The summed E-state index contributed by atoms with van der Waals surface area (Å²) < 4.78 is 5.11. The first-order chi connectivity index (χ1) is 10.3. The molecule has 0 unspecified atom stereocenters.